The van der Waals surface area contributed by atoms with Gasteiger partial charge in [0.2, 0.25) is 0 Å². The van der Waals surface area contributed by atoms with Crippen LogP contribution in [-0.2, 0) is 42.1 Å². The predicted octanol–water partition coefficient (Wildman–Crippen LogP) is 7.47. The number of ether oxygens (including phenoxy) is 4. The zero-order chi connectivity index (χ0) is 36.6. The first-order chi connectivity index (χ1) is 26.0. The molecule has 0 aromatic heterocycles. The lowest BCUT2D eigenvalue weighted by atomic mass is 9.96. The Bertz CT molecular complexity index is 1970. The van der Waals surface area contributed by atoms with E-state index >= 15 is 0 Å². The Balaban J connectivity index is 1.05. The zero-order valence-electron chi connectivity index (χ0n) is 30.3. The molecular weight excluding hydrogens is 666 g/mol. The van der Waals surface area contributed by atoms with Crippen LogP contribution in [-0.4, -0.2) is 49.5 Å². The fraction of sp³-hybridized carbons (Fsp3) is 0.295. The van der Waals surface area contributed by atoms with Crippen LogP contribution in [0.1, 0.15) is 57.8 Å². The molecule has 0 unspecified atom stereocenters. The van der Waals surface area contributed by atoms with Gasteiger partial charge in [-0.15, -0.1) is 0 Å². The first-order valence-corrected chi connectivity index (χ1v) is 18.2. The third-order valence-electron chi connectivity index (χ3n) is 10.1. The minimum atomic E-state index is -0.558. The molecule has 2 aliphatic rings. The largest absolute Gasteiger partial charge is 0.493 e. The van der Waals surface area contributed by atoms with Gasteiger partial charge >= 0.3 is 6.03 Å². The number of aliphatic hydroxyl groups excluding tert-OH is 1. The van der Waals surface area contributed by atoms with E-state index in [2.05, 4.69) is 58.0 Å². The van der Waals surface area contributed by atoms with E-state index in [4.69, 9.17) is 18.9 Å². The summed E-state index contributed by atoms with van der Waals surface area (Å²) in [6, 6.07) is 38.3. The number of amides is 2. The average Bonchev–Trinajstić information content (AvgIpc) is 3.22. The van der Waals surface area contributed by atoms with E-state index in [1.165, 1.54) is 11.1 Å². The van der Waals surface area contributed by atoms with Crippen molar-refractivity contribution in [3.05, 3.63) is 154 Å². The molecule has 53 heavy (non-hydrogen) atoms. The summed E-state index contributed by atoms with van der Waals surface area (Å²) in [4.78, 5) is 15.0. The maximum Gasteiger partial charge on any atom is 0.315 e. The fourth-order valence-corrected chi connectivity index (χ4v) is 7.21. The molecule has 0 saturated carbocycles. The lowest BCUT2D eigenvalue weighted by Gasteiger charge is -2.39. The minimum Gasteiger partial charge on any atom is -0.493 e. The van der Waals surface area contributed by atoms with Crippen molar-refractivity contribution < 1.29 is 28.8 Å². The van der Waals surface area contributed by atoms with E-state index in [9.17, 15) is 9.90 Å². The smallest absolute Gasteiger partial charge is 0.315 e. The van der Waals surface area contributed by atoms with Crippen molar-refractivity contribution in [2.75, 3.05) is 27.3 Å². The highest BCUT2D eigenvalue weighted by Gasteiger charge is 2.34. The van der Waals surface area contributed by atoms with Gasteiger partial charge in [-0.2, -0.15) is 0 Å². The molecule has 0 spiro atoms. The van der Waals surface area contributed by atoms with Crippen molar-refractivity contribution in [1.82, 2.24) is 15.5 Å². The van der Waals surface area contributed by atoms with Crippen LogP contribution < -0.4 is 20.1 Å². The van der Waals surface area contributed by atoms with Crippen molar-refractivity contribution in [3.8, 4) is 22.6 Å². The first kappa shape index (κ1) is 36.2. The second kappa shape index (κ2) is 17.1. The molecule has 9 heteroatoms. The van der Waals surface area contributed by atoms with E-state index in [1.807, 2.05) is 72.8 Å². The van der Waals surface area contributed by atoms with Crippen molar-refractivity contribution in [3.63, 3.8) is 0 Å². The summed E-state index contributed by atoms with van der Waals surface area (Å²) >= 11 is 0. The molecular formula is C44H47N3O6. The molecule has 3 atom stereocenters. The van der Waals surface area contributed by atoms with Gasteiger partial charge < -0.3 is 34.7 Å². The van der Waals surface area contributed by atoms with Crippen LogP contribution in [0.3, 0.4) is 0 Å². The molecule has 3 N–H and O–H groups in total. The molecule has 5 aromatic carbocycles. The first-order valence-electron chi connectivity index (χ1n) is 18.2. The summed E-state index contributed by atoms with van der Waals surface area (Å²) in [7, 11) is 3.35. The summed E-state index contributed by atoms with van der Waals surface area (Å²) in [6.07, 6.45) is 0.828. The van der Waals surface area contributed by atoms with Crippen LogP contribution in [0.2, 0.25) is 0 Å². The predicted molar refractivity (Wildman–Crippen MR) is 204 cm³/mol. The quantitative estimate of drug-likeness (QED) is 0.123. The minimum absolute atomic E-state index is 0.000252. The van der Waals surface area contributed by atoms with Crippen LogP contribution in [0.25, 0.3) is 11.1 Å². The topological polar surface area (TPSA) is 102 Å². The monoisotopic (exact) mass is 713 g/mol. The second-order valence-corrected chi connectivity index (χ2v) is 13.6. The lowest BCUT2D eigenvalue weighted by molar-refractivity contribution is -0.253. The summed E-state index contributed by atoms with van der Waals surface area (Å²) in [5.74, 6) is 1.51. The highest BCUT2D eigenvalue weighted by molar-refractivity contribution is 5.75. The lowest BCUT2D eigenvalue weighted by Crippen LogP contribution is -2.41. The van der Waals surface area contributed by atoms with Crippen molar-refractivity contribution in [2.24, 2.45) is 0 Å². The van der Waals surface area contributed by atoms with Crippen molar-refractivity contribution in [2.45, 2.75) is 57.6 Å². The van der Waals surface area contributed by atoms with Crippen LogP contribution in [0.4, 0.5) is 4.79 Å². The third-order valence-corrected chi connectivity index (χ3v) is 10.1. The summed E-state index contributed by atoms with van der Waals surface area (Å²) in [5.41, 5.74) is 9.55. The zero-order valence-corrected chi connectivity index (χ0v) is 30.3. The van der Waals surface area contributed by atoms with Gasteiger partial charge in [-0.25, -0.2) is 4.79 Å². The van der Waals surface area contributed by atoms with Gasteiger partial charge in [0.1, 0.15) is 0 Å². The van der Waals surface area contributed by atoms with Crippen LogP contribution in [0.5, 0.6) is 11.5 Å². The van der Waals surface area contributed by atoms with Crippen LogP contribution >= 0.6 is 0 Å². The van der Waals surface area contributed by atoms with E-state index in [1.54, 1.807) is 14.2 Å². The van der Waals surface area contributed by atoms with E-state index in [0.717, 1.165) is 76.5 Å². The molecule has 2 aliphatic heterocycles. The summed E-state index contributed by atoms with van der Waals surface area (Å²) in [6.45, 7) is 3.34. The van der Waals surface area contributed by atoms with Gasteiger partial charge in [0, 0.05) is 44.7 Å². The molecule has 2 heterocycles. The Labute approximate surface area is 311 Å². The molecule has 5 aromatic rings. The number of hydrogen-bond acceptors (Lipinski definition) is 7. The number of nitrogens with one attached hydrogen (secondary N) is 2. The molecule has 7 rings (SSSR count). The number of aliphatic hydroxyl groups is 1. The number of urea groups is 1. The normalized spacial score (nSPS) is 18.5. The van der Waals surface area contributed by atoms with Gasteiger partial charge in [-0.3, -0.25) is 4.90 Å². The summed E-state index contributed by atoms with van der Waals surface area (Å²) in [5, 5.41) is 15.6. The van der Waals surface area contributed by atoms with Crippen molar-refractivity contribution in [1.29, 1.82) is 0 Å². The highest BCUT2D eigenvalue weighted by atomic mass is 16.7. The molecule has 0 aliphatic carbocycles. The Hall–Kier alpha value is -5.19. The van der Waals surface area contributed by atoms with Gasteiger partial charge in [-0.1, -0.05) is 103 Å². The molecule has 0 bridgehead atoms. The van der Waals surface area contributed by atoms with Crippen molar-refractivity contribution >= 4 is 6.03 Å². The number of rotatable bonds is 12. The van der Waals surface area contributed by atoms with Gasteiger partial charge in [0.25, 0.3) is 0 Å². The number of carbonyl (C=O) groups is 1. The second-order valence-electron chi connectivity index (χ2n) is 13.6. The molecule has 9 nitrogen and oxygen atoms in total. The van der Waals surface area contributed by atoms with E-state index < -0.39 is 6.29 Å². The molecule has 0 radical (unpaired) electrons. The Morgan fingerprint density at radius 1 is 0.774 bits per heavy atom. The third kappa shape index (κ3) is 8.89. The molecule has 274 valence electrons. The maximum atomic E-state index is 12.6. The summed E-state index contributed by atoms with van der Waals surface area (Å²) < 4.78 is 24.5. The Morgan fingerprint density at radius 2 is 1.45 bits per heavy atom. The molecule has 2 amide bonds. The molecule has 1 saturated heterocycles. The highest BCUT2D eigenvalue weighted by Crippen LogP contribution is 2.40. The fourth-order valence-electron chi connectivity index (χ4n) is 7.21. The number of carbonyl (C=O) groups excluding carboxylic acids is 1. The van der Waals surface area contributed by atoms with E-state index in [-0.39, 0.29) is 24.8 Å². The Kier molecular flexibility index (Phi) is 11.7. The van der Waals surface area contributed by atoms with Gasteiger partial charge in [0.05, 0.1) is 33.0 Å². The SMILES string of the molecule is COc1cc2c(cc1OC)CN(C[C@@H]1C[C@H](c3ccc(CO)cc3)O[C@H](c3ccc(-c4ccccc4CNC(=O)NCc4ccccc4)cc3)O1)CC2. The number of methoxy groups -OCH3 is 2. The number of hydrogen-bond donors (Lipinski definition) is 3. The average molecular weight is 714 g/mol. The van der Waals surface area contributed by atoms with Gasteiger partial charge in [-0.05, 0) is 63.1 Å². The Morgan fingerprint density at radius 3 is 2.19 bits per heavy atom. The number of benzene rings is 5. The molecule has 1 fully saturated rings. The van der Waals surface area contributed by atoms with E-state index in [0.29, 0.717) is 19.5 Å². The standard InChI is InChI=1S/C44H47N3O6/c1-50-41-22-35-20-21-47(27-37(35)23-42(41)51-2)28-38-24-40(33-14-12-31(29-48)13-15-33)53-43(52-38)34-18-16-32(17-19-34)39-11-7-6-10-36(39)26-46-44(49)45-25-30-8-4-3-5-9-30/h3-19,22-23,38,40,43,48H,20-21,24-29H2,1-2H3,(H2,45,46,49)/t38-,40+,43+/m0/s1. The van der Waals surface area contributed by atoms with Crippen LogP contribution in [0, 0.1) is 0 Å². The van der Waals surface area contributed by atoms with Crippen LogP contribution in [0.15, 0.2) is 115 Å². The maximum absolute atomic E-state index is 12.6. The van der Waals surface area contributed by atoms with Gasteiger partial charge in [0.15, 0.2) is 17.8 Å². The number of fused-ring (bicyclic) bond motifs is 1. The number of nitrogens with zero attached hydrogens (tertiary/aromatic N) is 1.